The molecule has 0 aliphatic heterocycles. The van der Waals surface area contributed by atoms with E-state index in [4.69, 9.17) is 9.47 Å². The van der Waals surface area contributed by atoms with Crippen LogP contribution in [0.1, 0.15) is 20.8 Å². The largest absolute Gasteiger partial charge is 0.494 e. The Hall–Kier alpha value is -1.64. The topological polar surface area (TPSA) is 30.5 Å². The van der Waals surface area contributed by atoms with Crippen molar-refractivity contribution in [3.63, 3.8) is 0 Å². The van der Waals surface area contributed by atoms with E-state index in [-0.39, 0.29) is 6.04 Å². The number of hydrogen-bond donors (Lipinski definition) is 1. The van der Waals surface area contributed by atoms with Gasteiger partial charge in [0.15, 0.2) is 0 Å². The van der Waals surface area contributed by atoms with Gasteiger partial charge in [-0.3, -0.25) is 0 Å². The Morgan fingerprint density at radius 2 is 2.00 bits per heavy atom. The third kappa shape index (κ3) is 4.02. The summed E-state index contributed by atoms with van der Waals surface area (Å²) < 4.78 is 11.0. The van der Waals surface area contributed by atoms with Crippen molar-refractivity contribution in [1.82, 2.24) is 0 Å². The zero-order valence-electron chi connectivity index (χ0n) is 10.8. The standard InChI is InChI=1S/C14H21NO2/c1-5-11(4)15-13-10-12(16-6-2)8-9-14(13)17-7-3/h5,8-11,15H,1,6-7H2,2-4H3. The molecule has 94 valence electrons. The Bertz CT molecular complexity index is 363. The summed E-state index contributed by atoms with van der Waals surface area (Å²) in [5.41, 5.74) is 0.935. The number of ether oxygens (including phenoxy) is 2. The Morgan fingerprint density at radius 1 is 1.29 bits per heavy atom. The molecule has 1 aromatic rings. The highest BCUT2D eigenvalue weighted by molar-refractivity contribution is 5.60. The molecule has 1 atom stereocenters. The first-order valence-electron chi connectivity index (χ1n) is 6.00. The average Bonchev–Trinajstić information content (AvgIpc) is 2.33. The van der Waals surface area contributed by atoms with Crippen LogP contribution < -0.4 is 14.8 Å². The smallest absolute Gasteiger partial charge is 0.142 e. The molecule has 1 unspecified atom stereocenters. The number of nitrogens with one attached hydrogen (secondary N) is 1. The fraction of sp³-hybridized carbons (Fsp3) is 0.429. The molecule has 0 saturated carbocycles. The minimum atomic E-state index is 0.186. The lowest BCUT2D eigenvalue weighted by molar-refractivity contribution is 0.331. The first-order valence-corrected chi connectivity index (χ1v) is 6.00. The minimum absolute atomic E-state index is 0.186. The van der Waals surface area contributed by atoms with Gasteiger partial charge in [-0.25, -0.2) is 0 Å². The maximum absolute atomic E-state index is 5.56. The number of anilines is 1. The Labute approximate surface area is 103 Å². The maximum Gasteiger partial charge on any atom is 0.142 e. The van der Waals surface area contributed by atoms with Crippen LogP contribution in [0.5, 0.6) is 11.5 Å². The lowest BCUT2D eigenvalue weighted by atomic mass is 10.2. The van der Waals surface area contributed by atoms with E-state index in [0.29, 0.717) is 13.2 Å². The summed E-state index contributed by atoms with van der Waals surface area (Å²) in [6.45, 7) is 11.0. The van der Waals surface area contributed by atoms with Crippen LogP contribution in [0, 0.1) is 0 Å². The predicted molar refractivity (Wildman–Crippen MR) is 72.1 cm³/mol. The molecule has 0 amide bonds. The average molecular weight is 235 g/mol. The zero-order valence-corrected chi connectivity index (χ0v) is 10.8. The maximum atomic E-state index is 5.56. The van der Waals surface area contributed by atoms with Crippen LogP contribution in [0.3, 0.4) is 0 Å². The molecular weight excluding hydrogens is 214 g/mol. The normalized spacial score (nSPS) is 11.7. The zero-order chi connectivity index (χ0) is 12.7. The van der Waals surface area contributed by atoms with Crippen molar-refractivity contribution in [2.75, 3.05) is 18.5 Å². The summed E-state index contributed by atoms with van der Waals surface area (Å²) >= 11 is 0. The van der Waals surface area contributed by atoms with E-state index < -0.39 is 0 Å². The van der Waals surface area contributed by atoms with Crippen molar-refractivity contribution in [1.29, 1.82) is 0 Å². The van der Waals surface area contributed by atoms with Gasteiger partial charge >= 0.3 is 0 Å². The van der Waals surface area contributed by atoms with E-state index in [9.17, 15) is 0 Å². The molecule has 0 spiro atoms. The highest BCUT2D eigenvalue weighted by Gasteiger charge is 2.07. The monoisotopic (exact) mass is 235 g/mol. The van der Waals surface area contributed by atoms with Crippen LogP contribution in [0.4, 0.5) is 5.69 Å². The molecule has 1 N–H and O–H groups in total. The second kappa shape index (κ2) is 6.84. The number of rotatable bonds is 7. The second-order valence-corrected chi connectivity index (χ2v) is 3.69. The summed E-state index contributed by atoms with van der Waals surface area (Å²) in [7, 11) is 0. The van der Waals surface area contributed by atoms with Gasteiger partial charge in [0.25, 0.3) is 0 Å². The molecular formula is C14H21NO2. The number of benzene rings is 1. The molecule has 0 heterocycles. The first kappa shape index (κ1) is 13.4. The molecule has 17 heavy (non-hydrogen) atoms. The molecule has 0 aliphatic rings. The Morgan fingerprint density at radius 3 is 2.59 bits per heavy atom. The fourth-order valence-electron chi connectivity index (χ4n) is 1.46. The predicted octanol–water partition coefficient (Wildman–Crippen LogP) is 3.47. The summed E-state index contributed by atoms with van der Waals surface area (Å²) in [6.07, 6.45) is 1.85. The van der Waals surface area contributed by atoms with Crippen molar-refractivity contribution >= 4 is 5.69 Å². The minimum Gasteiger partial charge on any atom is -0.494 e. The Kier molecular flexibility index (Phi) is 5.40. The molecule has 0 aliphatic carbocycles. The third-order valence-electron chi connectivity index (χ3n) is 2.30. The molecule has 0 radical (unpaired) electrons. The van der Waals surface area contributed by atoms with E-state index in [0.717, 1.165) is 17.2 Å². The van der Waals surface area contributed by atoms with E-state index >= 15 is 0 Å². The van der Waals surface area contributed by atoms with E-state index in [1.54, 1.807) is 0 Å². The summed E-state index contributed by atoms with van der Waals surface area (Å²) in [4.78, 5) is 0. The lowest BCUT2D eigenvalue weighted by Gasteiger charge is -2.16. The van der Waals surface area contributed by atoms with Crippen LogP contribution >= 0.6 is 0 Å². The van der Waals surface area contributed by atoms with Gasteiger partial charge in [0.05, 0.1) is 18.9 Å². The Balaban J connectivity index is 2.93. The SMILES string of the molecule is C=CC(C)Nc1cc(OCC)ccc1OCC. The molecule has 1 aromatic carbocycles. The molecule has 0 bridgehead atoms. The second-order valence-electron chi connectivity index (χ2n) is 3.69. The molecule has 0 saturated heterocycles. The third-order valence-corrected chi connectivity index (χ3v) is 2.30. The van der Waals surface area contributed by atoms with Crippen molar-refractivity contribution in [3.05, 3.63) is 30.9 Å². The highest BCUT2D eigenvalue weighted by atomic mass is 16.5. The summed E-state index contributed by atoms with van der Waals surface area (Å²) in [5.74, 6) is 1.68. The van der Waals surface area contributed by atoms with Gasteiger partial charge in [0, 0.05) is 12.1 Å². The van der Waals surface area contributed by atoms with Gasteiger partial charge < -0.3 is 14.8 Å². The molecule has 0 fully saturated rings. The van der Waals surface area contributed by atoms with Crippen LogP contribution in [0.2, 0.25) is 0 Å². The fourth-order valence-corrected chi connectivity index (χ4v) is 1.46. The van der Waals surface area contributed by atoms with Crippen molar-refractivity contribution in [3.8, 4) is 11.5 Å². The van der Waals surface area contributed by atoms with E-state index in [1.165, 1.54) is 0 Å². The van der Waals surface area contributed by atoms with Gasteiger partial charge in [-0.1, -0.05) is 6.08 Å². The molecule has 1 rings (SSSR count). The summed E-state index contributed by atoms with van der Waals surface area (Å²) in [5, 5.41) is 3.32. The van der Waals surface area contributed by atoms with Crippen LogP contribution in [0.25, 0.3) is 0 Å². The van der Waals surface area contributed by atoms with Crippen molar-refractivity contribution < 1.29 is 9.47 Å². The van der Waals surface area contributed by atoms with Gasteiger partial charge in [0.1, 0.15) is 11.5 Å². The van der Waals surface area contributed by atoms with Crippen LogP contribution in [-0.2, 0) is 0 Å². The molecule has 0 aromatic heterocycles. The van der Waals surface area contributed by atoms with E-state index in [2.05, 4.69) is 11.9 Å². The summed E-state index contributed by atoms with van der Waals surface area (Å²) in [6, 6.07) is 5.98. The first-order chi connectivity index (χ1) is 8.21. The quantitative estimate of drug-likeness (QED) is 0.734. The van der Waals surface area contributed by atoms with Gasteiger partial charge in [0.2, 0.25) is 0 Å². The molecule has 3 nitrogen and oxygen atoms in total. The van der Waals surface area contributed by atoms with Crippen LogP contribution in [-0.4, -0.2) is 19.3 Å². The van der Waals surface area contributed by atoms with Crippen molar-refractivity contribution in [2.45, 2.75) is 26.8 Å². The van der Waals surface area contributed by atoms with Gasteiger partial charge in [-0.05, 0) is 32.9 Å². The van der Waals surface area contributed by atoms with Gasteiger partial charge in [-0.15, -0.1) is 6.58 Å². The number of hydrogen-bond acceptors (Lipinski definition) is 3. The lowest BCUT2D eigenvalue weighted by Crippen LogP contribution is -2.12. The van der Waals surface area contributed by atoms with Crippen molar-refractivity contribution in [2.24, 2.45) is 0 Å². The van der Waals surface area contributed by atoms with Gasteiger partial charge in [-0.2, -0.15) is 0 Å². The van der Waals surface area contributed by atoms with Crippen LogP contribution in [0.15, 0.2) is 30.9 Å². The molecule has 3 heteroatoms. The highest BCUT2D eigenvalue weighted by Crippen LogP contribution is 2.30. The van der Waals surface area contributed by atoms with E-state index in [1.807, 2.05) is 45.0 Å².